The Morgan fingerprint density at radius 3 is 2.50 bits per heavy atom. The predicted molar refractivity (Wildman–Crippen MR) is 158 cm³/mol. The van der Waals surface area contributed by atoms with Crippen LogP contribution in [-0.4, -0.2) is 93.4 Å². The van der Waals surface area contributed by atoms with E-state index in [0.29, 0.717) is 24.3 Å². The normalized spacial score (nSPS) is 47.8. The first-order valence-corrected chi connectivity index (χ1v) is 16.2. The van der Waals surface area contributed by atoms with E-state index in [4.69, 9.17) is 14.2 Å². The first-order chi connectivity index (χ1) is 20.8. The number of hydrogen-bond acceptors (Lipinski definition) is 10. The van der Waals surface area contributed by atoms with Crippen molar-refractivity contribution in [3.63, 3.8) is 0 Å². The minimum absolute atomic E-state index is 0.0249. The molecule has 0 amide bonds. The third kappa shape index (κ3) is 4.87. The molecular weight excluding hydrogens is 568 g/mol. The van der Waals surface area contributed by atoms with Crippen molar-refractivity contribution in [2.75, 3.05) is 13.2 Å². The second kappa shape index (κ2) is 11.7. The van der Waals surface area contributed by atoms with E-state index in [9.17, 15) is 35.1 Å². The molecular formula is C34H48O10. The molecule has 244 valence electrons. The van der Waals surface area contributed by atoms with Gasteiger partial charge in [0.05, 0.1) is 30.3 Å². The molecule has 10 nitrogen and oxygen atoms in total. The van der Waals surface area contributed by atoms with Gasteiger partial charge >= 0.3 is 5.97 Å². The van der Waals surface area contributed by atoms with E-state index in [0.717, 1.165) is 36.8 Å². The van der Waals surface area contributed by atoms with Crippen LogP contribution in [-0.2, 0) is 23.8 Å². The fraction of sp³-hybridized carbons (Fsp3) is 0.765. The van der Waals surface area contributed by atoms with Gasteiger partial charge in [-0.25, -0.2) is 4.79 Å². The number of ketones is 1. The molecule has 0 aromatic heterocycles. The molecule has 14 atom stereocenters. The van der Waals surface area contributed by atoms with Gasteiger partial charge in [0.25, 0.3) is 0 Å². The Morgan fingerprint density at radius 1 is 1.05 bits per heavy atom. The number of aliphatic hydroxyl groups excluding tert-OH is 5. The summed E-state index contributed by atoms with van der Waals surface area (Å²) in [5, 5.41) is 51.2. The Balaban J connectivity index is 1.14. The smallest absolute Gasteiger partial charge is 0.336 e. The molecule has 10 heteroatoms. The lowest BCUT2D eigenvalue weighted by molar-refractivity contribution is -0.299. The van der Waals surface area contributed by atoms with Crippen LogP contribution in [0.4, 0.5) is 0 Å². The quantitative estimate of drug-likeness (QED) is 0.279. The SMILES string of the molecule is CC1=C(CO[C@@H]2O[C@H](CO)[C@@H](O)[C@H](O)[C@H]2O)C(=O)O[C@@H]([C@@H](C)[C@H]2CC[C@H]3[C@@H]4[C@H](O)C=C5C=CCC(=O)[C@]5(C)[C@H]4CC[C@]23C)C1. The van der Waals surface area contributed by atoms with E-state index in [-0.39, 0.29) is 47.6 Å². The Kier molecular flexibility index (Phi) is 8.52. The number of hydrogen-bond donors (Lipinski definition) is 5. The maximum absolute atomic E-state index is 13.3. The standard InChI is InChI=1S/C34H48O10/c1-16-12-24(43-31(41)19(16)15-42-32-30(40)29(39)28(38)25(14-35)44-32)17(2)20-8-9-21-27-22(10-11-33(20,21)3)34(4)18(13-23(27)36)6-5-7-26(34)37/h5-6,13,17,20-25,27-30,32,35-36,38-40H,7-12,14-15H2,1-4H3/t17-,20+,21-,22-,23+,24+,25+,27-,28+,29-,30+,32+,33+,34-/m0/s1. The summed E-state index contributed by atoms with van der Waals surface area (Å²) in [6, 6.07) is 0. The number of Topliss-reactive ketones (excluding diaryl/α,β-unsaturated/α-hetero) is 1. The fourth-order valence-corrected chi connectivity index (χ4v) is 9.99. The third-order valence-electron chi connectivity index (χ3n) is 12.7. The number of cyclic esters (lactones) is 1. The van der Waals surface area contributed by atoms with Gasteiger partial charge in [-0.05, 0) is 80.1 Å². The first kappa shape index (κ1) is 32.0. The topological polar surface area (TPSA) is 163 Å². The maximum Gasteiger partial charge on any atom is 0.336 e. The van der Waals surface area contributed by atoms with Gasteiger partial charge in [-0.2, -0.15) is 0 Å². The second-order valence-electron chi connectivity index (χ2n) is 14.6. The van der Waals surface area contributed by atoms with E-state index in [1.807, 2.05) is 25.2 Å². The summed E-state index contributed by atoms with van der Waals surface area (Å²) < 4.78 is 17.1. The van der Waals surface area contributed by atoms with Gasteiger partial charge in [-0.15, -0.1) is 0 Å². The highest BCUT2D eigenvalue weighted by atomic mass is 16.7. The maximum atomic E-state index is 13.3. The number of esters is 1. The van der Waals surface area contributed by atoms with Crippen LogP contribution in [0, 0.1) is 40.4 Å². The zero-order chi connectivity index (χ0) is 31.7. The summed E-state index contributed by atoms with van der Waals surface area (Å²) in [4.78, 5) is 26.5. The minimum Gasteiger partial charge on any atom is -0.458 e. The molecule has 1 saturated heterocycles. The minimum atomic E-state index is -1.56. The number of carbonyl (C=O) groups excluding carboxylic acids is 2. The van der Waals surface area contributed by atoms with Gasteiger partial charge in [-0.3, -0.25) is 4.79 Å². The first-order valence-electron chi connectivity index (χ1n) is 16.2. The molecule has 6 rings (SSSR count). The van der Waals surface area contributed by atoms with Crippen molar-refractivity contribution in [2.24, 2.45) is 40.4 Å². The predicted octanol–water partition coefficient (Wildman–Crippen LogP) is 1.97. The number of aliphatic hydroxyl groups is 5. The summed E-state index contributed by atoms with van der Waals surface area (Å²) in [5.74, 6) is 0.546. The van der Waals surface area contributed by atoms with Gasteiger partial charge in [0.2, 0.25) is 0 Å². The van der Waals surface area contributed by atoms with Crippen molar-refractivity contribution in [2.45, 2.75) is 109 Å². The van der Waals surface area contributed by atoms with E-state index < -0.39 is 54.8 Å². The van der Waals surface area contributed by atoms with Crippen molar-refractivity contribution < 1.29 is 49.3 Å². The van der Waals surface area contributed by atoms with Gasteiger partial charge in [0.1, 0.15) is 36.3 Å². The second-order valence-corrected chi connectivity index (χ2v) is 14.6. The number of fused-ring (bicyclic) bond motifs is 5. The van der Waals surface area contributed by atoms with Gasteiger partial charge in [0.15, 0.2) is 6.29 Å². The van der Waals surface area contributed by atoms with E-state index >= 15 is 0 Å². The summed E-state index contributed by atoms with van der Waals surface area (Å²) in [7, 11) is 0. The van der Waals surface area contributed by atoms with Crippen molar-refractivity contribution in [1.29, 1.82) is 0 Å². The van der Waals surface area contributed by atoms with Gasteiger partial charge < -0.3 is 39.7 Å². The zero-order valence-electron chi connectivity index (χ0n) is 26.1. The fourth-order valence-electron chi connectivity index (χ4n) is 9.99. The number of rotatable bonds is 6. The van der Waals surface area contributed by atoms with Crippen LogP contribution < -0.4 is 0 Å². The van der Waals surface area contributed by atoms with Crippen molar-refractivity contribution in [1.82, 2.24) is 0 Å². The molecule has 6 aliphatic rings. The highest BCUT2D eigenvalue weighted by Gasteiger charge is 2.63. The van der Waals surface area contributed by atoms with E-state index in [2.05, 4.69) is 20.8 Å². The molecule has 4 aliphatic carbocycles. The third-order valence-corrected chi connectivity index (χ3v) is 12.7. The van der Waals surface area contributed by atoms with Crippen LogP contribution in [0.25, 0.3) is 0 Å². The molecule has 44 heavy (non-hydrogen) atoms. The van der Waals surface area contributed by atoms with Crippen LogP contribution in [0.2, 0.25) is 0 Å². The highest BCUT2D eigenvalue weighted by molar-refractivity contribution is 5.92. The lowest BCUT2D eigenvalue weighted by Gasteiger charge is -2.58. The van der Waals surface area contributed by atoms with Gasteiger partial charge in [-0.1, -0.05) is 37.6 Å². The van der Waals surface area contributed by atoms with Crippen molar-refractivity contribution in [3.8, 4) is 0 Å². The number of allylic oxidation sites excluding steroid dienone is 3. The van der Waals surface area contributed by atoms with E-state index in [1.54, 1.807) is 0 Å². The Bertz CT molecular complexity index is 1250. The molecule has 5 N–H and O–H groups in total. The highest BCUT2D eigenvalue weighted by Crippen LogP contribution is 2.66. The van der Waals surface area contributed by atoms with Crippen LogP contribution >= 0.6 is 0 Å². The number of carbonyl (C=O) groups is 2. The van der Waals surface area contributed by atoms with Crippen LogP contribution in [0.1, 0.15) is 66.2 Å². The van der Waals surface area contributed by atoms with Gasteiger partial charge in [0, 0.05) is 12.8 Å². The average Bonchev–Trinajstić information content (AvgIpc) is 3.34. The molecule has 0 radical (unpaired) electrons. The lowest BCUT2D eigenvalue weighted by Crippen LogP contribution is -2.59. The van der Waals surface area contributed by atoms with Crippen LogP contribution in [0.15, 0.2) is 34.9 Å². The summed E-state index contributed by atoms with van der Waals surface area (Å²) in [6.45, 7) is 7.68. The molecule has 2 heterocycles. The Labute approximate surface area is 258 Å². The Morgan fingerprint density at radius 2 is 1.80 bits per heavy atom. The molecule has 0 bridgehead atoms. The Hall–Kier alpha value is -1.92. The summed E-state index contributed by atoms with van der Waals surface area (Å²) in [6.07, 6.45) is 2.74. The molecule has 0 unspecified atom stereocenters. The lowest BCUT2D eigenvalue weighted by atomic mass is 9.46. The molecule has 2 saturated carbocycles. The van der Waals surface area contributed by atoms with E-state index in [1.165, 1.54) is 0 Å². The molecule has 2 aliphatic heterocycles. The van der Waals surface area contributed by atoms with Crippen LogP contribution in [0.5, 0.6) is 0 Å². The summed E-state index contributed by atoms with van der Waals surface area (Å²) in [5.41, 5.74) is 1.53. The largest absolute Gasteiger partial charge is 0.458 e. The zero-order valence-corrected chi connectivity index (χ0v) is 26.1. The summed E-state index contributed by atoms with van der Waals surface area (Å²) >= 11 is 0. The monoisotopic (exact) mass is 616 g/mol. The van der Waals surface area contributed by atoms with Crippen molar-refractivity contribution >= 4 is 11.8 Å². The molecule has 3 fully saturated rings. The van der Waals surface area contributed by atoms with Crippen molar-refractivity contribution in [3.05, 3.63) is 34.9 Å². The molecule has 0 spiro atoms. The molecule has 0 aromatic rings. The number of ether oxygens (including phenoxy) is 3. The van der Waals surface area contributed by atoms with Crippen LogP contribution in [0.3, 0.4) is 0 Å². The molecule has 0 aromatic carbocycles. The average molecular weight is 617 g/mol.